The summed E-state index contributed by atoms with van der Waals surface area (Å²) in [6, 6.07) is -1.60. The highest BCUT2D eigenvalue weighted by Crippen LogP contribution is 2.07. The lowest BCUT2D eigenvalue weighted by atomic mass is 10.2. The Balaban J connectivity index is 2.29. The molecule has 0 aliphatic carbocycles. The second-order valence-electron chi connectivity index (χ2n) is 4.93. The molecule has 110 valence electrons. The van der Waals surface area contributed by atoms with Gasteiger partial charge in [0.15, 0.2) is 0 Å². The normalized spacial score (nSPS) is 18.8. The summed E-state index contributed by atoms with van der Waals surface area (Å²) in [6.45, 7) is 4.48. The van der Waals surface area contributed by atoms with E-state index < -0.39 is 18.0 Å². The zero-order chi connectivity index (χ0) is 14.3. The third kappa shape index (κ3) is 5.89. The van der Waals surface area contributed by atoms with E-state index in [4.69, 9.17) is 10.2 Å². The van der Waals surface area contributed by atoms with E-state index in [1.165, 1.54) is 12.8 Å². The van der Waals surface area contributed by atoms with Gasteiger partial charge in [0.05, 0.1) is 0 Å². The van der Waals surface area contributed by atoms with Gasteiger partial charge in [0, 0.05) is 25.6 Å². The van der Waals surface area contributed by atoms with Crippen LogP contribution in [0.4, 0.5) is 4.79 Å². The van der Waals surface area contributed by atoms with Crippen LogP contribution < -0.4 is 10.6 Å². The SMILES string of the molecule is CC(CN1CCCC1)NC(=O)NC(CCO)C(=O)O. The summed E-state index contributed by atoms with van der Waals surface area (Å²) >= 11 is 0. The third-order valence-corrected chi connectivity index (χ3v) is 3.13. The average Bonchev–Trinajstić information content (AvgIpc) is 2.80. The number of carbonyl (C=O) groups is 2. The van der Waals surface area contributed by atoms with Gasteiger partial charge >= 0.3 is 12.0 Å². The molecule has 1 aliphatic rings. The van der Waals surface area contributed by atoms with Crippen molar-refractivity contribution in [1.82, 2.24) is 15.5 Å². The molecule has 19 heavy (non-hydrogen) atoms. The molecule has 2 amide bonds. The Morgan fingerprint density at radius 1 is 1.26 bits per heavy atom. The summed E-state index contributed by atoms with van der Waals surface area (Å²) in [5.74, 6) is -1.14. The first-order chi connectivity index (χ1) is 9.02. The van der Waals surface area contributed by atoms with Gasteiger partial charge in [-0.3, -0.25) is 0 Å². The predicted octanol–water partition coefficient (Wildman–Crippen LogP) is -0.394. The van der Waals surface area contributed by atoms with Crippen molar-refractivity contribution >= 4 is 12.0 Å². The van der Waals surface area contributed by atoms with E-state index in [0.717, 1.165) is 19.6 Å². The molecule has 2 atom stereocenters. The van der Waals surface area contributed by atoms with Crippen LogP contribution in [0.2, 0.25) is 0 Å². The highest BCUT2D eigenvalue weighted by Gasteiger charge is 2.21. The van der Waals surface area contributed by atoms with Crippen molar-refractivity contribution in [2.75, 3.05) is 26.2 Å². The smallest absolute Gasteiger partial charge is 0.326 e. The van der Waals surface area contributed by atoms with Crippen LogP contribution in [0, 0.1) is 0 Å². The Hall–Kier alpha value is -1.34. The molecule has 0 aromatic heterocycles. The van der Waals surface area contributed by atoms with Crippen LogP contribution >= 0.6 is 0 Å². The van der Waals surface area contributed by atoms with Crippen LogP contribution in [0.15, 0.2) is 0 Å². The van der Waals surface area contributed by atoms with Gasteiger partial charge in [-0.1, -0.05) is 0 Å². The molecule has 0 bridgehead atoms. The van der Waals surface area contributed by atoms with E-state index >= 15 is 0 Å². The number of rotatable bonds is 7. The fraction of sp³-hybridized carbons (Fsp3) is 0.833. The van der Waals surface area contributed by atoms with Gasteiger partial charge in [-0.15, -0.1) is 0 Å². The topological polar surface area (TPSA) is 102 Å². The fourth-order valence-corrected chi connectivity index (χ4v) is 2.21. The highest BCUT2D eigenvalue weighted by atomic mass is 16.4. The van der Waals surface area contributed by atoms with Gasteiger partial charge in [-0.2, -0.15) is 0 Å². The number of carbonyl (C=O) groups excluding carboxylic acids is 1. The maximum Gasteiger partial charge on any atom is 0.326 e. The first-order valence-electron chi connectivity index (χ1n) is 6.66. The number of carboxylic acid groups (broad SMARTS) is 1. The van der Waals surface area contributed by atoms with Crippen molar-refractivity contribution in [2.24, 2.45) is 0 Å². The van der Waals surface area contributed by atoms with Gasteiger partial charge in [0.25, 0.3) is 0 Å². The molecule has 1 rings (SSSR count). The molecule has 1 heterocycles. The van der Waals surface area contributed by atoms with Crippen molar-refractivity contribution in [3.8, 4) is 0 Å². The maximum atomic E-state index is 11.6. The lowest BCUT2D eigenvalue weighted by Gasteiger charge is -2.22. The number of hydrogen-bond donors (Lipinski definition) is 4. The molecular formula is C12H23N3O4. The molecule has 1 aliphatic heterocycles. The minimum Gasteiger partial charge on any atom is -0.480 e. The van der Waals surface area contributed by atoms with Crippen LogP contribution in [0.25, 0.3) is 0 Å². The van der Waals surface area contributed by atoms with Crippen LogP contribution in [0.1, 0.15) is 26.2 Å². The van der Waals surface area contributed by atoms with E-state index in [1.54, 1.807) is 0 Å². The Morgan fingerprint density at radius 3 is 2.42 bits per heavy atom. The van der Waals surface area contributed by atoms with E-state index in [-0.39, 0.29) is 19.1 Å². The lowest BCUT2D eigenvalue weighted by Crippen LogP contribution is -2.50. The first-order valence-corrected chi connectivity index (χ1v) is 6.66. The summed E-state index contributed by atoms with van der Waals surface area (Å²) in [7, 11) is 0. The largest absolute Gasteiger partial charge is 0.480 e. The van der Waals surface area contributed by atoms with E-state index in [0.29, 0.717) is 0 Å². The Morgan fingerprint density at radius 2 is 1.89 bits per heavy atom. The maximum absolute atomic E-state index is 11.6. The first kappa shape index (κ1) is 15.7. The molecule has 4 N–H and O–H groups in total. The number of nitrogens with zero attached hydrogens (tertiary/aromatic N) is 1. The van der Waals surface area contributed by atoms with Gasteiger partial charge in [-0.05, 0) is 32.9 Å². The number of nitrogens with one attached hydrogen (secondary N) is 2. The molecule has 0 aromatic rings. The number of aliphatic carboxylic acids is 1. The fourth-order valence-electron chi connectivity index (χ4n) is 2.21. The molecule has 0 saturated carbocycles. The zero-order valence-electron chi connectivity index (χ0n) is 11.3. The van der Waals surface area contributed by atoms with Crippen LogP contribution in [0.5, 0.6) is 0 Å². The summed E-state index contributed by atoms with van der Waals surface area (Å²) < 4.78 is 0. The number of aliphatic hydroxyl groups excluding tert-OH is 1. The van der Waals surface area contributed by atoms with Crippen molar-refractivity contribution in [3.63, 3.8) is 0 Å². The molecule has 7 nitrogen and oxygen atoms in total. The highest BCUT2D eigenvalue weighted by molar-refractivity contribution is 5.82. The molecule has 0 aromatic carbocycles. The molecule has 1 saturated heterocycles. The van der Waals surface area contributed by atoms with Crippen LogP contribution in [0.3, 0.4) is 0 Å². The Bertz CT molecular complexity index is 305. The van der Waals surface area contributed by atoms with Crippen LogP contribution in [-0.4, -0.2) is 65.4 Å². The van der Waals surface area contributed by atoms with Gasteiger partial charge < -0.3 is 25.7 Å². The predicted molar refractivity (Wildman–Crippen MR) is 69.9 cm³/mol. The van der Waals surface area contributed by atoms with Crippen LogP contribution in [-0.2, 0) is 4.79 Å². The van der Waals surface area contributed by atoms with E-state index in [2.05, 4.69) is 15.5 Å². The summed E-state index contributed by atoms with van der Waals surface area (Å²) in [5.41, 5.74) is 0. The lowest BCUT2D eigenvalue weighted by molar-refractivity contribution is -0.139. The molecular weight excluding hydrogens is 250 g/mol. The summed E-state index contributed by atoms with van der Waals surface area (Å²) in [5, 5.41) is 22.6. The van der Waals surface area contributed by atoms with Crippen molar-refractivity contribution in [2.45, 2.75) is 38.3 Å². The van der Waals surface area contributed by atoms with E-state index in [9.17, 15) is 9.59 Å². The number of amides is 2. The van der Waals surface area contributed by atoms with Crippen molar-refractivity contribution in [1.29, 1.82) is 0 Å². The Kier molecular flexibility index (Phi) is 6.58. The molecule has 2 unspecified atom stereocenters. The number of aliphatic hydroxyl groups is 1. The molecule has 0 radical (unpaired) electrons. The minimum absolute atomic E-state index is 0.00323. The summed E-state index contributed by atoms with van der Waals surface area (Å²) in [6.07, 6.45) is 2.39. The minimum atomic E-state index is -1.14. The van der Waals surface area contributed by atoms with Gasteiger partial charge in [0.2, 0.25) is 0 Å². The Labute approximate surface area is 113 Å². The number of carboxylic acids is 1. The molecule has 1 fully saturated rings. The average molecular weight is 273 g/mol. The molecule has 7 heteroatoms. The zero-order valence-corrected chi connectivity index (χ0v) is 11.3. The number of hydrogen-bond acceptors (Lipinski definition) is 4. The molecule has 0 spiro atoms. The number of urea groups is 1. The van der Waals surface area contributed by atoms with Gasteiger partial charge in [0.1, 0.15) is 6.04 Å². The third-order valence-electron chi connectivity index (χ3n) is 3.13. The second-order valence-corrected chi connectivity index (χ2v) is 4.93. The van der Waals surface area contributed by atoms with Crippen molar-refractivity contribution < 1.29 is 19.8 Å². The van der Waals surface area contributed by atoms with Gasteiger partial charge in [-0.25, -0.2) is 9.59 Å². The van der Waals surface area contributed by atoms with Crippen molar-refractivity contribution in [3.05, 3.63) is 0 Å². The standard InChI is InChI=1S/C12H23N3O4/c1-9(8-15-5-2-3-6-15)13-12(19)14-10(4-7-16)11(17)18/h9-10,16H,2-8H2,1H3,(H,17,18)(H2,13,14,19). The monoisotopic (exact) mass is 273 g/mol. The quantitative estimate of drug-likeness (QED) is 0.506. The number of likely N-dealkylation sites (tertiary alicyclic amines) is 1. The van der Waals surface area contributed by atoms with E-state index in [1.807, 2.05) is 6.92 Å². The summed E-state index contributed by atoms with van der Waals surface area (Å²) in [4.78, 5) is 24.7. The second kappa shape index (κ2) is 7.96.